The Morgan fingerprint density at radius 3 is 1.26 bits per heavy atom. The van der Waals surface area contributed by atoms with Crippen LogP contribution in [0.3, 0.4) is 0 Å². The lowest BCUT2D eigenvalue weighted by molar-refractivity contribution is -0.400. The second kappa shape index (κ2) is 23.5. The van der Waals surface area contributed by atoms with E-state index in [1.807, 2.05) is 0 Å². The van der Waals surface area contributed by atoms with Crippen LogP contribution in [0.15, 0.2) is 0 Å². The zero-order valence-electron chi connectivity index (χ0n) is 36.7. The first kappa shape index (κ1) is 55.7. The monoisotopic (exact) mass is 999 g/mol. The van der Waals surface area contributed by atoms with Crippen LogP contribution in [0.1, 0.15) is 20.8 Å². The van der Waals surface area contributed by atoms with E-state index in [1.54, 1.807) is 0 Å². The summed E-state index contributed by atoms with van der Waals surface area (Å²) in [4.78, 5) is 13.0. The molecule has 18 N–H and O–H groups in total. The molecule has 6 fully saturated rings. The number of amides is 1. The van der Waals surface area contributed by atoms with Gasteiger partial charge < -0.3 is 144 Å². The number of carbonyl (C=O) groups excluding carboxylic acids is 1. The summed E-state index contributed by atoms with van der Waals surface area (Å²) in [6.07, 6.45) is -53.5. The highest BCUT2D eigenvalue weighted by Crippen LogP contribution is 2.38. The summed E-state index contributed by atoms with van der Waals surface area (Å²) in [6.45, 7) is -0.322. The van der Waals surface area contributed by atoms with Crippen molar-refractivity contribution < 1.29 is 144 Å². The summed E-state index contributed by atoms with van der Waals surface area (Å²) >= 11 is 0. The van der Waals surface area contributed by atoms with E-state index in [0.29, 0.717) is 0 Å². The van der Waals surface area contributed by atoms with E-state index in [9.17, 15) is 91.6 Å². The largest absolute Gasteiger partial charge is 0.394 e. The molecule has 0 unspecified atom stereocenters. The predicted molar refractivity (Wildman–Crippen MR) is 208 cm³/mol. The second-order valence-electron chi connectivity index (χ2n) is 17.5. The zero-order valence-corrected chi connectivity index (χ0v) is 36.7. The van der Waals surface area contributed by atoms with Gasteiger partial charge in [-0.25, -0.2) is 0 Å². The number of hydrogen-bond acceptors (Lipinski definition) is 29. The molecule has 30 atom stereocenters. The molecule has 0 spiro atoms. The van der Waals surface area contributed by atoms with Crippen LogP contribution in [0.4, 0.5) is 0 Å². The molecule has 0 radical (unpaired) electrons. The number of nitrogens with one attached hydrogen (secondary N) is 1. The fourth-order valence-electron chi connectivity index (χ4n) is 8.79. The van der Waals surface area contributed by atoms with E-state index >= 15 is 0 Å². The third-order valence-corrected chi connectivity index (χ3v) is 12.8. The first-order chi connectivity index (χ1) is 32.1. The fraction of sp³-hybridized carbons (Fsp3) is 0.974. The van der Waals surface area contributed by atoms with Crippen molar-refractivity contribution in [2.24, 2.45) is 0 Å². The number of hydrogen-bond donors (Lipinski definition) is 18. The van der Waals surface area contributed by atoms with Gasteiger partial charge in [-0.05, 0) is 13.8 Å². The van der Waals surface area contributed by atoms with E-state index < -0.39 is 217 Å². The molecule has 396 valence electrons. The zero-order chi connectivity index (χ0) is 50.2. The van der Waals surface area contributed by atoms with Crippen LogP contribution in [0.25, 0.3) is 0 Å². The summed E-state index contributed by atoms with van der Waals surface area (Å²) in [5.41, 5.74) is 0. The summed E-state index contributed by atoms with van der Waals surface area (Å²) in [5.74, 6) is -0.879. The molecule has 1 amide bonds. The van der Waals surface area contributed by atoms with E-state index in [0.717, 1.165) is 6.92 Å². The van der Waals surface area contributed by atoms with E-state index in [4.69, 9.17) is 52.1 Å². The van der Waals surface area contributed by atoms with E-state index in [-0.39, 0.29) is 0 Å². The molecule has 0 aromatic rings. The molecule has 0 saturated carbocycles. The number of carbonyl (C=O) groups is 1. The van der Waals surface area contributed by atoms with Crippen LogP contribution in [0, 0.1) is 0 Å². The average Bonchev–Trinajstić information content (AvgIpc) is 3.31. The lowest BCUT2D eigenvalue weighted by Crippen LogP contribution is -2.71. The van der Waals surface area contributed by atoms with Crippen molar-refractivity contribution in [1.29, 1.82) is 0 Å². The maximum Gasteiger partial charge on any atom is 0.217 e. The van der Waals surface area contributed by atoms with Crippen LogP contribution in [0.2, 0.25) is 0 Å². The Hall–Kier alpha value is -1.65. The molecule has 6 saturated heterocycles. The van der Waals surface area contributed by atoms with Crippen molar-refractivity contribution in [1.82, 2.24) is 5.32 Å². The van der Waals surface area contributed by atoms with Gasteiger partial charge in [-0.1, -0.05) is 0 Å². The molecule has 6 rings (SSSR count). The van der Waals surface area contributed by atoms with Gasteiger partial charge in [0, 0.05) is 6.92 Å². The quantitative estimate of drug-likeness (QED) is 0.0724. The van der Waals surface area contributed by atoms with Gasteiger partial charge >= 0.3 is 0 Å². The van der Waals surface area contributed by atoms with Crippen LogP contribution in [0.5, 0.6) is 0 Å². The lowest BCUT2D eigenvalue weighted by Gasteiger charge is -2.52. The molecule has 0 bridgehead atoms. The average molecular weight is 1000 g/mol. The summed E-state index contributed by atoms with van der Waals surface area (Å²) in [7, 11) is 0. The maximum absolute atomic E-state index is 13.0. The number of aliphatic hydroxyl groups is 17. The fourth-order valence-corrected chi connectivity index (χ4v) is 8.79. The van der Waals surface area contributed by atoms with Crippen molar-refractivity contribution >= 4 is 5.91 Å². The first-order valence-electron chi connectivity index (χ1n) is 21.8. The van der Waals surface area contributed by atoms with Crippen LogP contribution < -0.4 is 5.32 Å². The van der Waals surface area contributed by atoms with Crippen LogP contribution >= 0.6 is 0 Å². The highest BCUT2D eigenvalue weighted by Gasteiger charge is 2.59. The van der Waals surface area contributed by atoms with Crippen molar-refractivity contribution in [3.8, 4) is 0 Å². The second-order valence-corrected chi connectivity index (χ2v) is 17.5. The number of rotatable bonds is 15. The van der Waals surface area contributed by atoms with E-state index in [1.165, 1.54) is 13.8 Å². The molecule has 30 nitrogen and oxygen atoms in total. The van der Waals surface area contributed by atoms with Crippen molar-refractivity contribution in [3.05, 3.63) is 0 Å². The topological polar surface area (TPSA) is 475 Å². The normalized spacial score (nSPS) is 52.6. The lowest BCUT2D eigenvalue weighted by atomic mass is 9.93. The molecule has 68 heavy (non-hydrogen) atoms. The molecular formula is C38H65NO29. The molecular weight excluding hydrogens is 934 g/mol. The standard InChI is InChI=1S/C38H65NO29/c1-8-16(45)19(48)25(54)35(58-8)66-30-14(7-43)62-34(64-29-13(6-42)63-37(27(56)23(29)52)65-28-12(5-41)60-33(57)24(53)22(28)51)15(39-10(3)44)31(30)67-38-32(21(50)18(47)11(4-40)61-38)68-36-26(55)20(49)17(46)9(2)59-36/h8-9,11-38,40-43,45-57H,4-7H2,1-3H3,(H,39,44)/t8-,9-,11+,12+,13+,14+,15+,16+,17+,18-,19+,20+,21-,22+,23+,24+,25-,26-,27+,28+,29-,30-,31+,32+,33+,34-,35-,36-,37-,38-/m0/s1. The Morgan fingerprint density at radius 2 is 0.750 bits per heavy atom. The molecule has 30 heteroatoms. The van der Waals surface area contributed by atoms with Gasteiger partial charge in [0.2, 0.25) is 5.91 Å². The van der Waals surface area contributed by atoms with Gasteiger partial charge in [0.05, 0.1) is 38.6 Å². The molecule has 0 aromatic heterocycles. The first-order valence-corrected chi connectivity index (χ1v) is 21.8. The Labute approximate surface area is 386 Å². The van der Waals surface area contributed by atoms with Gasteiger partial charge in [0.1, 0.15) is 134 Å². The SMILES string of the molecule is CC(=O)N[C@H]1[C@H](O[C@@H]2[C@H](O)[C@@H](O)[C@H](O[C@H]3[C@H](O)[C@@H](O)[C@H](O)O[C@@H]3CO)O[C@@H]2CO)O[C@H](CO)[C@H](O[C@@H]2O[C@@H](C)[C@@H](O)[C@@H](O)[C@@H]2O)[C@@H]1O[C@@H]1O[C@H](CO)[C@H](O)[C@H](O)[C@H]1O[C@@H]1O[C@@H](C)[C@@H](O)[C@@H](O)[C@@H]1O. The molecule has 6 heterocycles. The minimum Gasteiger partial charge on any atom is -0.394 e. The molecule has 0 aromatic carbocycles. The number of aliphatic hydroxyl groups excluding tert-OH is 17. The Bertz CT molecular complexity index is 1590. The minimum absolute atomic E-state index is 0.879. The third kappa shape index (κ3) is 11.4. The molecule has 6 aliphatic rings. The smallest absolute Gasteiger partial charge is 0.217 e. The van der Waals surface area contributed by atoms with Gasteiger partial charge in [-0.3, -0.25) is 4.79 Å². The van der Waals surface area contributed by atoms with Gasteiger partial charge in [0.25, 0.3) is 0 Å². The van der Waals surface area contributed by atoms with Crippen molar-refractivity contribution in [2.75, 3.05) is 26.4 Å². The summed E-state index contributed by atoms with van der Waals surface area (Å²) in [6, 6.07) is -1.83. The van der Waals surface area contributed by atoms with Gasteiger partial charge in [0.15, 0.2) is 37.7 Å². The minimum atomic E-state index is -2.16. The predicted octanol–water partition coefficient (Wildman–Crippen LogP) is -11.9. The Balaban J connectivity index is 1.35. The third-order valence-electron chi connectivity index (χ3n) is 12.8. The number of ether oxygens (including phenoxy) is 11. The highest BCUT2D eigenvalue weighted by molar-refractivity contribution is 5.73. The van der Waals surface area contributed by atoms with Gasteiger partial charge in [-0.15, -0.1) is 0 Å². The van der Waals surface area contributed by atoms with Crippen molar-refractivity contribution in [3.63, 3.8) is 0 Å². The summed E-state index contributed by atoms with van der Waals surface area (Å²) in [5, 5.41) is 183. The van der Waals surface area contributed by atoms with Crippen LogP contribution in [-0.2, 0) is 56.9 Å². The maximum atomic E-state index is 13.0. The van der Waals surface area contributed by atoms with Crippen LogP contribution in [-0.4, -0.2) is 303 Å². The molecule has 6 aliphatic heterocycles. The van der Waals surface area contributed by atoms with Crippen molar-refractivity contribution in [2.45, 2.75) is 205 Å². The van der Waals surface area contributed by atoms with E-state index in [2.05, 4.69) is 5.32 Å². The summed E-state index contributed by atoms with van der Waals surface area (Å²) < 4.78 is 63.9. The molecule has 0 aliphatic carbocycles. The van der Waals surface area contributed by atoms with Gasteiger partial charge in [-0.2, -0.15) is 0 Å². The Kier molecular flexibility index (Phi) is 19.2. The Morgan fingerprint density at radius 1 is 0.382 bits per heavy atom. The highest BCUT2D eigenvalue weighted by atomic mass is 16.8.